The minimum atomic E-state index is -0.359. The normalized spacial score (nSPS) is 27.5. The predicted octanol–water partition coefficient (Wildman–Crippen LogP) is -0.374. The van der Waals surface area contributed by atoms with Crippen LogP contribution in [0.5, 0.6) is 0 Å². The Morgan fingerprint density at radius 2 is 2.46 bits per heavy atom. The third-order valence-corrected chi connectivity index (χ3v) is 2.25. The molecule has 1 aliphatic rings. The Kier molecular flexibility index (Phi) is 4.18. The number of carbonyl (C=O) groups is 1. The molecule has 0 radical (unpaired) electrons. The van der Waals surface area contributed by atoms with Gasteiger partial charge in [0, 0.05) is 13.1 Å². The van der Waals surface area contributed by atoms with Crippen LogP contribution in [0.2, 0.25) is 0 Å². The van der Waals surface area contributed by atoms with Crippen LogP contribution in [0.15, 0.2) is 0 Å². The van der Waals surface area contributed by atoms with Crippen molar-refractivity contribution in [2.24, 2.45) is 0 Å². The van der Waals surface area contributed by atoms with Crippen molar-refractivity contribution >= 4 is 5.91 Å². The Labute approximate surface area is 78.7 Å². The van der Waals surface area contributed by atoms with Crippen molar-refractivity contribution in [3.63, 3.8) is 0 Å². The summed E-state index contributed by atoms with van der Waals surface area (Å²) in [6.07, 6.45) is 2.28. The number of unbranched alkanes of at least 4 members (excludes halogenated alkanes) is 1. The molecule has 0 bridgehead atoms. The quantitative estimate of drug-likeness (QED) is 0.525. The lowest BCUT2D eigenvalue weighted by atomic mass is 10.2. The van der Waals surface area contributed by atoms with Gasteiger partial charge in [-0.15, -0.1) is 0 Å². The number of hydrogen-bond donors (Lipinski definition) is 3. The Morgan fingerprint density at radius 3 is 3.00 bits per heavy atom. The van der Waals surface area contributed by atoms with Gasteiger partial charge in [-0.3, -0.25) is 4.79 Å². The first-order chi connectivity index (χ1) is 6.24. The molecule has 0 aromatic heterocycles. The van der Waals surface area contributed by atoms with Crippen molar-refractivity contribution in [3.8, 4) is 0 Å². The van der Waals surface area contributed by atoms with Gasteiger partial charge in [0.2, 0.25) is 5.91 Å². The highest BCUT2D eigenvalue weighted by atomic mass is 16.3. The summed E-state index contributed by atoms with van der Waals surface area (Å²) in [5.41, 5.74) is 0. The second-order valence-corrected chi connectivity index (χ2v) is 3.49. The van der Waals surface area contributed by atoms with Gasteiger partial charge in [0.05, 0.1) is 12.1 Å². The topological polar surface area (TPSA) is 61.4 Å². The van der Waals surface area contributed by atoms with Gasteiger partial charge in [-0.25, -0.2) is 0 Å². The van der Waals surface area contributed by atoms with Crippen molar-refractivity contribution in [2.45, 2.75) is 38.3 Å². The van der Waals surface area contributed by atoms with Crippen molar-refractivity contribution in [1.29, 1.82) is 0 Å². The van der Waals surface area contributed by atoms with Crippen LogP contribution in [0, 0.1) is 0 Å². The molecule has 0 aromatic rings. The molecule has 4 heteroatoms. The number of β-amino-alcohol motifs (C(OH)–C–C–N with tert-alkyl or cyclic N) is 1. The maximum absolute atomic E-state index is 11.4. The predicted molar refractivity (Wildman–Crippen MR) is 50.3 cm³/mol. The summed E-state index contributed by atoms with van der Waals surface area (Å²) in [6, 6.07) is -0.188. The Bertz CT molecular complexity index is 173. The van der Waals surface area contributed by atoms with E-state index in [-0.39, 0.29) is 18.1 Å². The van der Waals surface area contributed by atoms with Crippen molar-refractivity contribution < 1.29 is 9.90 Å². The van der Waals surface area contributed by atoms with Gasteiger partial charge in [-0.2, -0.15) is 0 Å². The molecule has 0 aromatic carbocycles. The summed E-state index contributed by atoms with van der Waals surface area (Å²) >= 11 is 0. The van der Waals surface area contributed by atoms with Gasteiger partial charge in [0.15, 0.2) is 0 Å². The van der Waals surface area contributed by atoms with E-state index in [1.54, 1.807) is 0 Å². The number of aliphatic hydroxyl groups is 1. The highest BCUT2D eigenvalue weighted by Crippen LogP contribution is 2.05. The van der Waals surface area contributed by atoms with E-state index in [4.69, 9.17) is 0 Å². The second-order valence-electron chi connectivity index (χ2n) is 3.49. The molecule has 0 unspecified atom stereocenters. The molecule has 0 spiro atoms. The van der Waals surface area contributed by atoms with Gasteiger partial charge in [0.1, 0.15) is 0 Å². The Hall–Kier alpha value is -0.610. The molecule has 1 fully saturated rings. The SMILES string of the molecule is CCCCNC(=O)[C@@H]1C[C@@H](O)CN1. The second kappa shape index (κ2) is 5.19. The van der Waals surface area contributed by atoms with E-state index in [0.717, 1.165) is 19.4 Å². The van der Waals surface area contributed by atoms with Crippen LogP contribution in [0.25, 0.3) is 0 Å². The van der Waals surface area contributed by atoms with Crippen LogP contribution in [-0.2, 0) is 4.79 Å². The standard InChI is InChI=1S/C9H18N2O2/c1-2-3-4-10-9(13)8-5-7(12)6-11-8/h7-8,11-12H,2-6H2,1H3,(H,10,13)/t7-,8+/m1/s1. The molecule has 1 rings (SSSR count). The molecular weight excluding hydrogens is 168 g/mol. The average molecular weight is 186 g/mol. The van der Waals surface area contributed by atoms with Crippen molar-refractivity contribution in [3.05, 3.63) is 0 Å². The van der Waals surface area contributed by atoms with E-state index >= 15 is 0 Å². The molecule has 0 saturated carbocycles. The molecule has 4 nitrogen and oxygen atoms in total. The number of amides is 1. The number of aliphatic hydroxyl groups excluding tert-OH is 1. The maximum atomic E-state index is 11.4. The van der Waals surface area contributed by atoms with Crippen LogP contribution in [0.1, 0.15) is 26.2 Å². The fourth-order valence-electron chi connectivity index (χ4n) is 1.43. The van der Waals surface area contributed by atoms with Crippen LogP contribution in [0.4, 0.5) is 0 Å². The number of nitrogens with one attached hydrogen (secondary N) is 2. The smallest absolute Gasteiger partial charge is 0.237 e. The van der Waals surface area contributed by atoms with Gasteiger partial charge in [-0.1, -0.05) is 13.3 Å². The number of carbonyl (C=O) groups excluding carboxylic acids is 1. The van der Waals surface area contributed by atoms with E-state index in [9.17, 15) is 9.90 Å². The van der Waals surface area contributed by atoms with E-state index < -0.39 is 0 Å². The monoisotopic (exact) mass is 186 g/mol. The van der Waals surface area contributed by atoms with E-state index in [0.29, 0.717) is 13.0 Å². The van der Waals surface area contributed by atoms with Gasteiger partial charge < -0.3 is 15.7 Å². The molecule has 2 atom stereocenters. The first-order valence-electron chi connectivity index (χ1n) is 4.93. The summed E-state index contributed by atoms with van der Waals surface area (Å²) in [4.78, 5) is 11.4. The van der Waals surface area contributed by atoms with Gasteiger partial charge in [-0.05, 0) is 12.8 Å². The van der Waals surface area contributed by atoms with Crippen LogP contribution < -0.4 is 10.6 Å². The van der Waals surface area contributed by atoms with Crippen LogP contribution >= 0.6 is 0 Å². The molecular formula is C9H18N2O2. The molecule has 13 heavy (non-hydrogen) atoms. The van der Waals surface area contributed by atoms with E-state index in [2.05, 4.69) is 17.6 Å². The van der Waals surface area contributed by atoms with Crippen LogP contribution in [0.3, 0.4) is 0 Å². The average Bonchev–Trinajstić information content (AvgIpc) is 2.52. The van der Waals surface area contributed by atoms with Crippen molar-refractivity contribution in [1.82, 2.24) is 10.6 Å². The zero-order valence-corrected chi connectivity index (χ0v) is 8.05. The third kappa shape index (κ3) is 3.32. The zero-order chi connectivity index (χ0) is 9.68. The lowest BCUT2D eigenvalue weighted by molar-refractivity contribution is -0.122. The fraction of sp³-hybridized carbons (Fsp3) is 0.889. The summed E-state index contributed by atoms with van der Waals surface area (Å²) in [5, 5.41) is 15.0. The van der Waals surface area contributed by atoms with E-state index in [1.807, 2.05) is 0 Å². The van der Waals surface area contributed by atoms with Crippen molar-refractivity contribution in [2.75, 3.05) is 13.1 Å². The van der Waals surface area contributed by atoms with E-state index in [1.165, 1.54) is 0 Å². The first kappa shape index (κ1) is 10.5. The minimum absolute atomic E-state index is 0.0185. The summed E-state index contributed by atoms with van der Waals surface area (Å²) in [6.45, 7) is 3.36. The fourth-order valence-corrected chi connectivity index (χ4v) is 1.43. The minimum Gasteiger partial charge on any atom is -0.392 e. The molecule has 0 aliphatic carbocycles. The number of hydrogen-bond acceptors (Lipinski definition) is 3. The highest BCUT2D eigenvalue weighted by Gasteiger charge is 2.27. The molecule has 1 heterocycles. The Morgan fingerprint density at radius 1 is 1.69 bits per heavy atom. The molecule has 1 amide bonds. The third-order valence-electron chi connectivity index (χ3n) is 2.25. The first-order valence-corrected chi connectivity index (χ1v) is 4.93. The van der Waals surface area contributed by atoms with Crippen LogP contribution in [-0.4, -0.2) is 36.2 Å². The molecule has 76 valence electrons. The molecule has 1 saturated heterocycles. The summed E-state index contributed by atoms with van der Waals surface area (Å²) in [7, 11) is 0. The van der Waals surface area contributed by atoms with Gasteiger partial charge in [0.25, 0.3) is 0 Å². The molecule has 3 N–H and O–H groups in total. The molecule has 1 aliphatic heterocycles. The largest absolute Gasteiger partial charge is 0.392 e. The Balaban J connectivity index is 2.16. The van der Waals surface area contributed by atoms with Gasteiger partial charge >= 0.3 is 0 Å². The maximum Gasteiger partial charge on any atom is 0.237 e. The summed E-state index contributed by atoms with van der Waals surface area (Å²) < 4.78 is 0. The zero-order valence-electron chi connectivity index (χ0n) is 8.05. The number of rotatable bonds is 4. The lowest BCUT2D eigenvalue weighted by Gasteiger charge is -2.09. The lowest BCUT2D eigenvalue weighted by Crippen LogP contribution is -2.40. The highest BCUT2D eigenvalue weighted by molar-refractivity contribution is 5.82. The summed E-state index contributed by atoms with van der Waals surface area (Å²) in [5.74, 6) is 0.0185.